The summed E-state index contributed by atoms with van der Waals surface area (Å²) in [6, 6.07) is 0. The Morgan fingerprint density at radius 1 is 1.28 bits per heavy atom. The second-order valence-corrected chi connectivity index (χ2v) is 11.0. The third-order valence-corrected chi connectivity index (χ3v) is 9.47. The molecule has 6 unspecified atom stereocenters. The molecule has 6 heteroatoms. The molecule has 0 saturated heterocycles. The molecule has 5 aliphatic rings. The van der Waals surface area contributed by atoms with E-state index in [1.807, 2.05) is 0 Å². The van der Waals surface area contributed by atoms with Crippen molar-refractivity contribution in [3.63, 3.8) is 0 Å². The fourth-order valence-electron chi connectivity index (χ4n) is 7.96. The van der Waals surface area contributed by atoms with E-state index in [-0.39, 0.29) is 41.7 Å². The summed E-state index contributed by atoms with van der Waals surface area (Å²) in [5, 5.41) is 32.1. The number of aliphatic hydroxyl groups is 2. The van der Waals surface area contributed by atoms with Crippen LogP contribution in [-0.4, -0.2) is 45.9 Å². The Bertz CT molecular complexity index is 787. The Hall–Kier alpha value is -1.66. The lowest BCUT2D eigenvalue weighted by atomic mass is 9.63. The van der Waals surface area contributed by atoms with Crippen molar-refractivity contribution in [2.75, 3.05) is 6.54 Å². The van der Waals surface area contributed by atoms with E-state index in [1.54, 1.807) is 0 Å². The van der Waals surface area contributed by atoms with Gasteiger partial charge in [-0.15, -0.1) is 0 Å². The fourth-order valence-corrected chi connectivity index (χ4v) is 7.96. The van der Waals surface area contributed by atoms with Crippen LogP contribution in [0.3, 0.4) is 0 Å². The smallest absolute Gasteiger partial charge is 0.290 e. The van der Waals surface area contributed by atoms with Crippen molar-refractivity contribution in [2.24, 2.45) is 35.0 Å². The second kappa shape index (κ2) is 8.94. The van der Waals surface area contributed by atoms with Gasteiger partial charge in [0.1, 0.15) is 0 Å². The van der Waals surface area contributed by atoms with Gasteiger partial charge < -0.3 is 20.6 Å². The normalized spacial score (nSPS) is 42.8. The summed E-state index contributed by atoms with van der Waals surface area (Å²) in [7, 11) is 0. The van der Waals surface area contributed by atoms with E-state index < -0.39 is 5.60 Å². The maximum absolute atomic E-state index is 13.7. The molecule has 2 bridgehead atoms. The quantitative estimate of drug-likeness (QED) is 0.393. The number of hydrogen-bond donors (Lipinski definition) is 4. The molecule has 1 amide bonds. The SMILES string of the molecule is C=C1CC23C[C@@]1(O)CCC2C1=CCC(O)C(C)C1C3C(=O)NCC1CCCCC1.O=CO. The number of carbonyl (C=O) groups excluding carboxylic acids is 1. The van der Waals surface area contributed by atoms with Gasteiger partial charge in [0.05, 0.1) is 17.6 Å². The van der Waals surface area contributed by atoms with Gasteiger partial charge in [-0.3, -0.25) is 9.59 Å². The first kappa shape index (κ1) is 23.5. The van der Waals surface area contributed by atoms with E-state index in [4.69, 9.17) is 9.90 Å². The van der Waals surface area contributed by atoms with Gasteiger partial charge in [-0.1, -0.05) is 44.4 Å². The van der Waals surface area contributed by atoms with Crippen LogP contribution < -0.4 is 5.32 Å². The molecule has 0 aromatic heterocycles. The molecule has 178 valence electrons. The number of aliphatic hydroxyl groups excluding tert-OH is 1. The van der Waals surface area contributed by atoms with Crippen molar-refractivity contribution in [1.29, 1.82) is 0 Å². The topological polar surface area (TPSA) is 107 Å². The zero-order valence-electron chi connectivity index (χ0n) is 19.3. The van der Waals surface area contributed by atoms with Gasteiger partial charge in [0.2, 0.25) is 5.91 Å². The minimum atomic E-state index is -0.797. The predicted molar refractivity (Wildman–Crippen MR) is 122 cm³/mol. The lowest BCUT2D eigenvalue weighted by Gasteiger charge is -2.42. The van der Waals surface area contributed by atoms with Crippen molar-refractivity contribution in [1.82, 2.24) is 5.32 Å². The van der Waals surface area contributed by atoms with E-state index >= 15 is 0 Å². The third kappa shape index (κ3) is 3.73. The van der Waals surface area contributed by atoms with Crippen molar-refractivity contribution >= 4 is 12.4 Å². The van der Waals surface area contributed by atoms with Crippen LogP contribution in [0.5, 0.6) is 0 Å². The molecule has 6 nitrogen and oxygen atoms in total. The van der Waals surface area contributed by atoms with Gasteiger partial charge in [-0.05, 0) is 79.6 Å². The van der Waals surface area contributed by atoms with Gasteiger partial charge >= 0.3 is 0 Å². The van der Waals surface area contributed by atoms with E-state index in [0.717, 1.165) is 31.4 Å². The first-order chi connectivity index (χ1) is 15.3. The monoisotopic (exact) mass is 445 g/mol. The van der Waals surface area contributed by atoms with Crippen LogP contribution in [0.2, 0.25) is 0 Å². The zero-order chi connectivity index (χ0) is 23.1. The Morgan fingerprint density at radius 3 is 2.66 bits per heavy atom. The summed E-state index contributed by atoms with van der Waals surface area (Å²) >= 11 is 0. The summed E-state index contributed by atoms with van der Waals surface area (Å²) < 4.78 is 0. The highest BCUT2D eigenvalue weighted by Gasteiger charge is 2.69. The Morgan fingerprint density at radius 2 is 1.97 bits per heavy atom. The molecule has 1 spiro atoms. The molecular formula is C26H39NO5. The van der Waals surface area contributed by atoms with Crippen molar-refractivity contribution in [3.8, 4) is 0 Å². The molecule has 5 rings (SSSR count). The average molecular weight is 446 g/mol. The lowest BCUT2D eigenvalue weighted by Crippen LogP contribution is -2.48. The van der Waals surface area contributed by atoms with Crippen LogP contribution in [-0.2, 0) is 9.59 Å². The number of amides is 1. The highest BCUT2D eigenvalue weighted by molar-refractivity contribution is 5.82. The van der Waals surface area contributed by atoms with Crippen molar-refractivity contribution in [3.05, 3.63) is 23.8 Å². The molecule has 4 N–H and O–H groups in total. The summed E-state index contributed by atoms with van der Waals surface area (Å²) in [6.07, 6.45) is 12.0. The van der Waals surface area contributed by atoms with E-state index in [2.05, 4.69) is 24.9 Å². The van der Waals surface area contributed by atoms with Gasteiger partial charge in [0.15, 0.2) is 0 Å². The number of allylic oxidation sites excluding steroid dienone is 1. The average Bonchev–Trinajstić information content (AvgIpc) is 3.16. The van der Waals surface area contributed by atoms with Crippen LogP contribution in [0.4, 0.5) is 0 Å². The Kier molecular flexibility index (Phi) is 6.56. The predicted octanol–water partition coefficient (Wildman–Crippen LogP) is 3.43. The molecule has 5 aliphatic carbocycles. The highest BCUT2D eigenvalue weighted by atomic mass is 16.3. The second-order valence-electron chi connectivity index (χ2n) is 11.0. The van der Waals surface area contributed by atoms with Crippen molar-refractivity contribution in [2.45, 2.75) is 82.8 Å². The first-order valence-electron chi connectivity index (χ1n) is 12.4. The molecule has 0 aliphatic heterocycles. The fraction of sp³-hybridized carbons (Fsp3) is 0.769. The number of carbonyl (C=O) groups is 2. The highest BCUT2D eigenvalue weighted by Crippen LogP contribution is 2.71. The standard InChI is InChI=1S/C25H37NO3.CH2O2/c1-15-12-24-14-25(15,29)11-10-19(24)18-8-9-20(27)16(2)21(18)22(24)23(28)26-13-17-6-4-3-5-7-17;2-1-3/h8,16-17,19-22,27,29H,1,3-7,9-14H2,2H3,(H,26,28);1H,(H,2,3)/t16?,19?,20?,21?,22?,24?,25-;/m0./s1. The maximum Gasteiger partial charge on any atom is 0.290 e. The van der Waals surface area contributed by atoms with E-state index in [1.165, 1.54) is 37.7 Å². The molecule has 0 radical (unpaired) electrons. The molecule has 4 saturated carbocycles. The van der Waals surface area contributed by atoms with Crippen LogP contribution in [0.15, 0.2) is 23.8 Å². The number of rotatable bonds is 3. The number of nitrogens with one attached hydrogen (secondary N) is 1. The van der Waals surface area contributed by atoms with Crippen LogP contribution in [0.1, 0.15) is 71.1 Å². The third-order valence-electron chi connectivity index (χ3n) is 9.47. The van der Waals surface area contributed by atoms with Gasteiger partial charge in [-0.2, -0.15) is 0 Å². The minimum absolute atomic E-state index is 0.0855. The molecule has 7 atom stereocenters. The summed E-state index contributed by atoms with van der Waals surface area (Å²) in [6.45, 7) is 6.89. The summed E-state index contributed by atoms with van der Waals surface area (Å²) in [5.41, 5.74) is 1.32. The summed E-state index contributed by atoms with van der Waals surface area (Å²) in [4.78, 5) is 22.1. The Balaban J connectivity index is 0.000000775. The maximum atomic E-state index is 13.7. The van der Waals surface area contributed by atoms with Crippen LogP contribution in [0, 0.1) is 35.0 Å². The van der Waals surface area contributed by atoms with Gasteiger partial charge in [0.25, 0.3) is 6.47 Å². The molecule has 0 aromatic rings. The largest absolute Gasteiger partial charge is 0.483 e. The molecular weight excluding hydrogens is 406 g/mol. The minimum Gasteiger partial charge on any atom is -0.483 e. The number of fused-ring (bicyclic) bond motifs is 3. The van der Waals surface area contributed by atoms with Crippen molar-refractivity contribution < 1.29 is 24.9 Å². The lowest BCUT2D eigenvalue weighted by molar-refractivity contribution is -0.134. The van der Waals surface area contributed by atoms with E-state index in [9.17, 15) is 15.0 Å². The molecule has 32 heavy (non-hydrogen) atoms. The van der Waals surface area contributed by atoms with Crippen LogP contribution >= 0.6 is 0 Å². The van der Waals surface area contributed by atoms with Gasteiger partial charge in [-0.25, -0.2) is 0 Å². The summed E-state index contributed by atoms with van der Waals surface area (Å²) in [5.74, 6) is 1.15. The molecule has 0 heterocycles. The number of hydrogen-bond acceptors (Lipinski definition) is 4. The first-order valence-corrected chi connectivity index (χ1v) is 12.4. The Labute approximate surface area is 191 Å². The van der Waals surface area contributed by atoms with Crippen LogP contribution in [0.25, 0.3) is 0 Å². The molecule has 4 fully saturated rings. The zero-order valence-corrected chi connectivity index (χ0v) is 19.3. The molecule has 0 aromatic carbocycles. The van der Waals surface area contributed by atoms with E-state index in [0.29, 0.717) is 24.7 Å². The van der Waals surface area contributed by atoms with Gasteiger partial charge in [0, 0.05) is 6.54 Å². The number of carboxylic acid groups (broad SMARTS) is 1.